The van der Waals surface area contributed by atoms with Crippen LogP contribution < -0.4 is 5.32 Å². The van der Waals surface area contributed by atoms with Crippen molar-refractivity contribution in [1.29, 1.82) is 0 Å². The summed E-state index contributed by atoms with van der Waals surface area (Å²) in [6.45, 7) is 7.27. The minimum absolute atomic E-state index is 0.0420. The summed E-state index contributed by atoms with van der Waals surface area (Å²) < 4.78 is 24.0. The highest BCUT2D eigenvalue weighted by Crippen LogP contribution is 2.16. The number of carbonyl (C=O) groups excluding carboxylic acids is 1. The number of sulfone groups is 1. The van der Waals surface area contributed by atoms with E-state index in [1.807, 2.05) is 11.8 Å². The van der Waals surface area contributed by atoms with Gasteiger partial charge in [0.05, 0.1) is 10.6 Å². The number of benzene rings is 1. The fraction of sp³-hybridized carbons (Fsp3) is 0.562. The molecule has 1 aromatic rings. The fourth-order valence-corrected chi connectivity index (χ4v) is 4.19. The average molecular weight is 324 g/mol. The largest absolute Gasteiger partial charge is 0.336 e. The summed E-state index contributed by atoms with van der Waals surface area (Å²) in [5.41, 5.74) is 0.539. The molecule has 2 unspecified atom stereocenters. The first-order valence-electron chi connectivity index (χ1n) is 7.71. The van der Waals surface area contributed by atoms with Gasteiger partial charge in [-0.2, -0.15) is 0 Å². The lowest BCUT2D eigenvalue weighted by molar-refractivity contribution is 0.0673. The van der Waals surface area contributed by atoms with Gasteiger partial charge in [0, 0.05) is 30.7 Å². The predicted octanol–water partition coefficient (Wildman–Crippen LogP) is 1.69. The van der Waals surface area contributed by atoms with Crippen LogP contribution in [0.1, 0.15) is 37.6 Å². The van der Waals surface area contributed by atoms with Crippen LogP contribution in [0.25, 0.3) is 0 Å². The van der Waals surface area contributed by atoms with Crippen molar-refractivity contribution in [1.82, 2.24) is 10.2 Å². The maximum absolute atomic E-state index is 12.5. The smallest absolute Gasteiger partial charge is 0.253 e. The zero-order chi connectivity index (χ0) is 16.3. The molecule has 1 aromatic carbocycles. The van der Waals surface area contributed by atoms with E-state index >= 15 is 0 Å². The molecule has 6 heteroatoms. The lowest BCUT2D eigenvalue weighted by atomic mass is 10.1. The molecule has 1 aliphatic heterocycles. The molecular weight excluding hydrogens is 300 g/mol. The first-order chi connectivity index (χ1) is 10.3. The molecule has 1 N–H and O–H groups in total. The molecule has 0 aromatic heterocycles. The molecular formula is C16H24N2O3S. The highest BCUT2D eigenvalue weighted by atomic mass is 32.2. The Labute approximate surface area is 132 Å². The highest BCUT2D eigenvalue weighted by molar-refractivity contribution is 7.91. The van der Waals surface area contributed by atoms with E-state index in [1.165, 1.54) is 12.1 Å². The summed E-state index contributed by atoms with van der Waals surface area (Å²) in [6, 6.07) is 6.82. The minimum Gasteiger partial charge on any atom is -0.336 e. The lowest BCUT2D eigenvalue weighted by Crippen LogP contribution is -2.55. The van der Waals surface area contributed by atoms with Crippen LogP contribution in [-0.2, 0) is 9.84 Å². The third-order valence-electron chi connectivity index (χ3n) is 3.78. The van der Waals surface area contributed by atoms with E-state index in [9.17, 15) is 13.2 Å². The van der Waals surface area contributed by atoms with Gasteiger partial charge in [0.2, 0.25) is 0 Å². The number of nitrogens with zero attached hydrogens (tertiary/aromatic N) is 1. The standard InChI is InChI=1S/C16H24N2O3S/c1-4-9-22(20,21)15-7-5-14(6-8-15)16(19)18-10-12(2)17-13(3)11-18/h5-8,12-13,17H,4,9-11H2,1-3H3. The van der Waals surface area contributed by atoms with Gasteiger partial charge in [0.15, 0.2) is 9.84 Å². The van der Waals surface area contributed by atoms with Crippen LogP contribution in [-0.4, -0.2) is 50.2 Å². The third kappa shape index (κ3) is 3.87. The molecule has 5 nitrogen and oxygen atoms in total. The Morgan fingerprint density at radius 2 is 1.73 bits per heavy atom. The van der Waals surface area contributed by atoms with Crippen molar-refractivity contribution < 1.29 is 13.2 Å². The SMILES string of the molecule is CCCS(=O)(=O)c1ccc(C(=O)N2CC(C)NC(C)C2)cc1. The van der Waals surface area contributed by atoms with Gasteiger partial charge in [0.25, 0.3) is 5.91 Å². The molecule has 2 rings (SSSR count). The Morgan fingerprint density at radius 1 is 1.18 bits per heavy atom. The molecule has 22 heavy (non-hydrogen) atoms. The zero-order valence-corrected chi connectivity index (χ0v) is 14.2. The van der Waals surface area contributed by atoms with Crippen LogP contribution >= 0.6 is 0 Å². The van der Waals surface area contributed by atoms with E-state index in [1.54, 1.807) is 12.1 Å². The minimum atomic E-state index is -3.23. The Balaban J connectivity index is 2.15. The van der Waals surface area contributed by atoms with Crippen LogP contribution in [0.5, 0.6) is 0 Å². The van der Waals surface area contributed by atoms with Gasteiger partial charge in [-0.1, -0.05) is 6.92 Å². The second-order valence-electron chi connectivity index (χ2n) is 6.02. The van der Waals surface area contributed by atoms with Crippen LogP contribution in [0.3, 0.4) is 0 Å². The van der Waals surface area contributed by atoms with Crippen molar-refractivity contribution in [2.45, 2.75) is 44.2 Å². The average Bonchev–Trinajstić information content (AvgIpc) is 2.45. The molecule has 1 fully saturated rings. The number of nitrogens with one attached hydrogen (secondary N) is 1. The molecule has 0 spiro atoms. The fourth-order valence-electron chi connectivity index (χ4n) is 2.87. The third-order valence-corrected chi connectivity index (χ3v) is 5.71. The van der Waals surface area contributed by atoms with Crippen LogP contribution in [0.2, 0.25) is 0 Å². The van der Waals surface area contributed by atoms with Gasteiger partial charge in [-0.05, 0) is 44.5 Å². The van der Waals surface area contributed by atoms with E-state index in [2.05, 4.69) is 19.2 Å². The van der Waals surface area contributed by atoms with Gasteiger partial charge in [-0.15, -0.1) is 0 Å². The summed E-state index contributed by atoms with van der Waals surface area (Å²) in [6.07, 6.45) is 0.583. The summed E-state index contributed by atoms with van der Waals surface area (Å²) in [4.78, 5) is 14.6. The highest BCUT2D eigenvalue weighted by Gasteiger charge is 2.25. The molecule has 0 aliphatic carbocycles. The van der Waals surface area contributed by atoms with E-state index in [-0.39, 0.29) is 28.6 Å². The zero-order valence-electron chi connectivity index (χ0n) is 13.4. The Hall–Kier alpha value is -1.40. The molecule has 1 aliphatic rings. The molecule has 0 radical (unpaired) electrons. The summed E-state index contributed by atoms with van der Waals surface area (Å²) in [5, 5.41) is 3.39. The summed E-state index contributed by atoms with van der Waals surface area (Å²) in [5.74, 6) is 0.0901. The summed E-state index contributed by atoms with van der Waals surface area (Å²) in [7, 11) is -3.23. The lowest BCUT2D eigenvalue weighted by Gasteiger charge is -2.36. The maximum Gasteiger partial charge on any atom is 0.253 e. The van der Waals surface area contributed by atoms with Crippen molar-refractivity contribution in [2.24, 2.45) is 0 Å². The second kappa shape index (κ2) is 6.79. The van der Waals surface area contributed by atoms with Crippen molar-refractivity contribution in [3.63, 3.8) is 0 Å². The normalized spacial score (nSPS) is 22.6. The van der Waals surface area contributed by atoms with E-state index in [0.29, 0.717) is 25.1 Å². The number of carbonyl (C=O) groups is 1. The summed E-state index contributed by atoms with van der Waals surface area (Å²) >= 11 is 0. The first-order valence-corrected chi connectivity index (χ1v) is 9.37. The molecule has 1 amide bonds. The van der Waals surface area contributed by atoms with Crippen molar-refractivity contribution in [3.8, 4) is 0 Å². The second-order valence-corrected chi connectivity index (χ2v) is 8.13. The quantitative estimate of drug-likeness (QED) is 0.915. The Kier molecular flexibility index (Phi) is 5.24. The van der Waals surface area contributed by atoms with Gasteiger partial charge >= 0.3 is 0 Å². The van der Waals surface area contributed by atoms with Gasteiger partial charge < -0.3 is 10.2 Å². The molecule has 1 saturated heterocycles. The van der Waals surface area contributed by atoms with Crippen LogP contribution in [0.4, 0.5) is 0 Å². The van der Waals surface area contributed by atoms with Crippen LogP contribution in [0, 0.1) is 0 Å². The molecule has 0 bridgehead atoms. The van der Waals surface area contributed by atoms with Crippen molar-refractivity contribution in [3.05, 3.63) is 29.8 Å². The Bertz CT molecular complexity index is 615. The number of piperazine rings is 1. The van der Waals surface area contributed by atoms with E-state index in [0.717, 1.165) is 0 Å². The molecule has 2 atom stereocenters. The van der Waals surface area contributed by atoms with E-state index < -0.39 is 9.84 Å². The topological polar surface area (TPSA) is 66.5 Å². The Morgan fingerprint density at radius 3 is 2.23 bits per heavy atom. The van der Waals surface area contributed by atoms with Crippen molar-refractivity contribution >= 4 is 15.7 Å². The number of hydrogen-bond acceptors (Lipinski definition) is 4. The first kappa shape index (κ1) is 17.0. The number of amides is 1. The maximum atomic E-state index is 12.5. The van der Waals surface area contributed by atoms with E-state index in [4.69, 9.17) is 0 Å². The van der Waals surface area contributed by atoms with Gasteiger partial charge in [-0.25, -0.2) is 8.42 Å². The number of rotatable bonds is 4. The molecule has 122 valence electrons. The molecule has 0 saturated carbocycles. The predicted molar refractivity (Wildman–Crippen MR) is 86.7 cm³/mol. The molecule has 1 heterocycles. The van der Waals surface area contributed by atoms with Gasteiger partial charge in [-0.3, -0.25) is 4.79 Å². The van der Waals surface area contributed by atoms with Crippen molar-refractivity contribution in [2.75, 3.05) is 18.8 Å². The van der Waals surface area contributed by atoms with Gasteiger partial charge in [0.1, 0.15) is 0 Å². The van der Waals surface area contributed by atoms with Crippen LogP contribution in [0.15, 0.2) is 29.2 Å². The number of hydrogen-bond donors (Lipinski definition) is 1. The monoisotopic (exact) mass is 324 g/mol.